The van der Waals surface area contributed by atoms with E-state index in [1.165, 1.54) is 51.4 Å². The molecule has 6 heteroatoms. The molecule has 21 heavy (non-hydrogen) atoms. The SMILES string of the molecule is CC(C)O.CCCCCCCCCC.O=C(O)C(F)(F)F. The average Bonchev–Trinajstić information content (AvgIpc) is 2.32. The van der Waals surface area contributed by atoms with Crippen LogP contribution >= 0.6 is 0 Å². The smallest absolute Gasteiger partial charge is 0.475 e. The first-order chi connectivity index (χ1) is 9.59. The van der Waals surface area contributed by atoms with Gasteiger partial charge in [0.25, 0.3) is 0 Å². The molecule has 0 rings (SSSR count). The predicted octanol–water partition coefficient (Wildman–Crippen LogP) is 5.17. The topological polar surface area (TPSA) is 57.5 Å². The number of aliphatic hydroxyl groups excluding tert-OH is 1. The van der Waals surface area contributed by atoms with Gasteiger partial charge in [0.15, 0.2) is 0 Å². The van der Waals surface area contributed by atoms with Crippen LogP contribution in [0.25, 0.3) is 0 Å². The second-order valence-corrected chi connectivity index (χ2v) is 5.02. The van der Waals surface area contributed by atoms with Crippen LogP contribution in [0.3, 0.4) is 0 Å². The quantitative estimate of drug-likeness (QED) is 0.637. The van der Waals surface area contributed by atoms with Crippen molar-refractivity contribution in [1.82, 2.24) is 0 Å². The number of halogens is 3. The molecule has 3 nitrogen and oxygen atoms in total. The zero-order valence-corrected chi connectivity index (χ0v) is 13.7. The Morgan fingerprint density at radius 1 is 0.905 bits per heavy atom. The van der Waals surface area contributed by atoms with E-state index in [1.807, 2.05) is 0 Å². The molecule has 0 saturated heterocycles. The Balaban J connectivity index is -0.000000256. The first-order valence-electron chi connectivity index (χ1n) is 7.57. The molecule has 0 aromatic heterocycles. The van der Waals surface area contributed by atoms with Crippen molar-refractivity contribution in [2.45, 2.75) is 91.3 Å². The van der Waals surface area contributed by atoms with Crippen LogP contribution in [0, 0.1) is 0 Å². The summed E-state index contributed by atoms with van der Waals surface area (Å²) in [6, 6.07) is 0. The van der Waals surface area contributed by atoms with Crippen molar-refractivity contribution in [2.24, 2.45) is 0 Å². The Morgan fingerprint density at radius 3 is 1.24 bits per heavy atom. The van der Waals surface area contributed by atoms with Gasteiger partial charge in [-0.3, -0.25) is 0 Å². The van der Waals surface area contributed by atoms with Crippen molar-refractivity contribution in [1.29, 1.82) is 0 Å². The van der Waals surface area contributed by atoms with E-state index in [-0.39, 0.29) is 6.10 Å². The van der Waals surface area contributed by atoms with E-state index in [1.54, 1.807) is 13.8 Å². The molecule has 0 aromatic rings. The number of alkyl halides is 3. The fourth-order valence-corrected chi connectivity index (χ4v) is 1.21. The van der Waals surface area contributed by atoms with Gasteiger partial charge in [-0.15, -0.1) is 0 Å². The van der Waals surface area contributed by atoms with Gasteiger partial charge in [-0.05, 0) is 13.8 Å². The third-order valence-corrected chi connectivity index (χ3v) is 2.20. The van der Waals surface area contributed by atoms with Gasteiger partial charge in [-0.2, -0.15) is 13.2 Å². The summed E-state index contributed by atoms with van der Waals surface area (Å²) in [6.45, 7) is 7.98. The summed E-state index contributed by atoms with van der Waals surface area (Å²) in [7, 11) is 0. The Labute approximate surface area is 126 Å². The Kier molecular flexibility index (Phi) is 20.7. The van der Waals surface area contributed by atoms with Gasteiger partial charge < -0.3 is 10.2 Å². The number of rotatable bonds is 7. The molecule has 0 bridgehead atoms. The molecule has 0 fully saturated rings. The number of carbonyl (C=O) groups is 1. The van der Waals surface area contributed by atoms with Crippen LogP contribution in [0.1, 0.15) is 79.1 Å². The van der Waals surface area contributed by atoms with Crippen LogP contribution in [0.4, 0.5) is 13.2 Å². The van der Waals surface area contributed by atoms with Crippen molar-refractivity contribution in [3.8, 4) is 0 Å². The van der Waals surface area contributed by atoms with Gasteiger partial charge in [0.2, 0.25) is 0 Å². The molecule has 0 unspecified atom stereocenters. The monoisotopic (exact) mass is 316 g/mol. The number of aliphatic carboxylic acids is 1. The first kappa shape index (κ1) is 25.2. The fraction of sp³-hybridized carbons (Fsp3) is 0.933. The van der Waals surface area contributed by atoms with E-state index in [0.717, 1.165) is 0 Å². The molecule has 130 valence electrons. The van der Waals surface area contributed by atoms with E-state index < -0.39 is 12.1 Å². The minimum Gasteiger partial charge on any atom is -0.475 e. The summed E-state index contributed by atoms with van der Waals surface area (Å²) in [6.07, 6.45) is 6.21. The van der Waals surface area contributed by atoms with Crippen LogP contribution in [0.15, 0.2) is 0 Å². The van der Waals surface area contributed by atoms with Gasteiger partial charge >= 0.3 is 12.1 Å². The summed E-state index contributed by atoms with van der Waals surface area (Å²) >= 11 is 0. The molecular formula is C15H31F3O3. The van der Waals surface area contributed by atoms with E-state index >= 15 is 0 Å². The highest BCUT2D eigenvalue weighted by Crippen LogP contribution is 2.13. The summed E-state index contributed by atoms with van der Waals surface area (Å²) in [5.74, 6) is -2.76. The van der Waals surface area contributed by atoms with Crippen molar-refractivity contribution in [2.75, 3.05) is 0 Å². The number of carboxylic acid groups (broad SMARTS) is 1. The third kappa shape index (κ3) is 38.2. The highest BCUT2D eigenvalue weighted by Gasteiger charge is 2.38. The second kappa shape index (κ2) is 17.3. The normalized spacial score (nSPS) is 10.3. The lowest BCUT2D eigenvalue weighted by molar-refractivity contribution is -0.192. The van der Waals surface area contributed by atoms with Crippen molar-refractivity contribution >= 4 is 5.97 Å². The Hall–Kier alpha value is -0.780. The Bertz CT molecular complexity index is 206. The summed E-state index contributed by atoms with van der Waals surface area (Å²) in [5.41, 5.74) is 0. The highest BCUT2D eigenvalue weighted by molar-refractivity contribution is 5.73. The first-order valence-corrected chi connectivity index (χ1v) is 7.57. The zero-order chi connectivity index (χ0) is 17.3. The zero-order valence-electron chi connectivity index (χ0n) is 13.7. The van der Waals surface area contributed by atoms with Crippen molar-refractivity contribution in [3.63, 3.8) is 0 Å². The van der Waals surface area contributed by atoms with Crippen LogP contribution in [-0.2, 0) is 4.79 Å². The van der Waals surface area contributed by atoms with Crippen LogP contribution in [0.5, 0.6) is 0 Å². The van der Waals surface area contributed by atoms with E-state index in [0.29, 0.717) is 0 Å². The van der Waals surface area contributed by atoms with Crippen LogP contribution < -0.4 is 0 Å². The molecule has 0 saturated carbocycles. The minimum absolute atomic E-state index is 0.167. The minimum atomic E-state index is -5.08. The molecular weight excluding hydrogens is 285 g/mol. The lowest BCUT2D eigenvalue weighted by atomic mass is 10.1. The molecule has 2 N–H and O–H groups in total. The van der Waals surface area contributed by atoms with Gasteiger partial charge in [-0.1, -0.05) is 65.2 Å². The summed E-state index contributed by atoms with van der Waals surface area (Å²) < 4.78 is 31.7. The van der Waals surface area contributed by atoms with E-state index in [4.69, 9.17) is 15.0 Å². The highest BCUT2D eigenvalue weighted by atomic mass is 19.4. The molecule has 0 aliphatic heterocycles. The van der Waals surface area contributed by atoms with Gasteiger partial charge in [0.1, 0.15) is 0 Å². The van der Waals surface area contributed by atoms with Gasteiger partial charge in [0.05, 0.1) is 0 Å². The maximum absolute atomic E-state index is 10.6. The van der Waals surface area contributed by atoms with Crippen molar-refractivity contribution in [3.05, 3.63) is 0 Å². The third-order valence-electron chi connectivity index (χ3n) is 2.20. The number of aliphatic hydroxyl groups is 1. The van der Waals surface area contributed by atoms with Crippen molar-refractivity contribution < 1.29 is 28.2 Å². The fourth-order valence-electron chi connectivity index (χ4n) is 1.21. The standard InChI is InChI=1S/C10H22.C3H8O.C2HF3O2/c1-3-5-7-9-10-8-6-4-2;1-3(2)4;3-2(4,5)1(6)7/h3-10H2,1-2H3;3-4H,1-2H3;(H,6,7). The lowest BCUT2D eigenvalue weighted by Crippen LogP contribution is -2.21. The van der Waals surface area contributed by atoms with E-state index in [2.05, 4.69) is 13.8 Å². The molecule has 0 aliphatic rings. The molecule has 0 atom stereocenters. The summed E-state index contributed by atoms with van der Waals surface area (Å²) in [5, 5.41) is 15.2. The largest absolute Gasteiger partial charge is 0.490 e. The average molecular weight is 316 g/mol. The lowest BCUT2D eigenvalue weighted by Gasteiger charge is -1.97. The number of carboxylic acids is 1. The van der Waals surface area contributed by atoms with Crippen LogP contribution in [-0.4, -0.2) is 28.5 Å². The molecule has 0 heterocycles. The van der Waals surface area contributed by atoms with Crippen LogP contribution in [0.2, 0.25) is 0 Å². The molecule has 0 radical (unpaired) electrons. The molecule has 0 aromatic carbocycles. The van der Waals surface area contributed by atoms with E-state index in [9.17, 15) is 13.2 Å². The summed E-state index contributed by atoms with van der Waals surface area (Å²) in [4.78, 5) is 8.90. The molecule has 0 spiro atoms. The number of hydrogen-bond acceptors (Lipinski definition) is 2. The number of unbranched alkanes of at least 4 members (excludes halogenated alkanes) is 7. The number of hydrogen-bond donors (Lipinski definition) is 2. The predicted molar refractivity (Wildman–Crippen MR) is 79.3 cm³/mol. The molecule has 0 amide bonds. The molecule has 0 aliphatic carbocycles. The Morgan fingerprint density at radius 2 is 1.10 bits per heavy atom. The van der Waals surface area contributed by atoms with Gasteiger partial charge in [0, 0.05) is 6.10 Å². The second-order valence-electron chi connectivity index (χ2n) is 5.02. The van der Waals surface area contributed by atoms with Gasteiger partial charge in [-0.25, -0.2) is 4.79 Å². The maximum Gasteiger partial charge on any atom is 0.490 e. The maximum atomic E-state index is 10.6.